The van der Waals surface area contributed by atoms with Crippen molar-refractivity contribution in [1.29, 1.82) is 0 Å². The summed E-state index contributed by atoms with van der Waals surface area (Å²) in [5, 5.41) is 3.33. The molecular weight excluding hydrogens is 260 g/mol. The van der Waals surface area contributed by atoms with Gasteiger partial charge in [0.2, 0.25) is 5.91 Å². The standard InChI is InChI=1S/C15H13ClN2O/c1-11-5-7-14(17-10-11)18-15(19)8-6-12-3-2-4-13(16)9-12/h2-10H,1H3,(H,17,18,19)/b8-6+. The van der Waals surface area contributed by atoms with Crippen LogP contribution < -0.4 is 5.32 Å². The maximum Gasteiger partial charge on any atom is 0.249 e. The minimum Gasteiger partial charge on any atom is -0.307 e. The van der Waals surface area contributed by atoms with E-state index >= 15 is 0 Å². The number of amides is 1. The number of aryl methyl sites for hydroxylation is 1. The first kappa shape index (κ1) is 13.3. The molecule has 0 spiro atoms. The van der Waals surface area contributed by atoms with Gasteiger partial charge in [0.05, 0.1) is 0 Å². The van der Waals surface area contributed by atoms with Crippen molar-refractivity contribution >= 4 is 29.4 Å². The summed E-state index contributed by atoms with van der Waals surface area (Å²) in [6, 6.07) is 10.9. The second-order valence-corrected chi connectivity index (χ2v) is 4.53. The van der Waals surface area contributed by atoms with Crippen LogP contribution in [0.25, 0.3) is 6.08 Å². The van der Waals surface area contributed by atoms with E-state index in [4.69, 9.17) is 11.6 Å². The van der Waals surface area contributed by atoms with Gasteiger partial charge in [-0.2, -0.15) is 0 Å². The fraction of sp³-hybridized carbons (Fsp3) is 0.0667. The quantitative estimate of drug-likeness (QED) is 0.866. The highest BCUT2D eigenvalue weighted by molar-refractivity contribution is 6.30. The highest BCUT2D eigenvalue weighted by Crippen LogP contribution is 2.12. The molecule has 0 atom stereocenters. The number of carbonyl (C=O) groups is 1. The molecule has 1 aromatic heterocycles. The van der Waals surface area contributed by atoms with E-state index in [1.807, 2.05) is 25.1 Å². The highest BCUT2D eigenvalue weighted by Gasteiger charge is 1.98. The molecule has 1 amide bonds. The monoisotopic (exact) mass is 272 g/mol. The maximum absolute atomic E-state index is 11.7. The summed E-state index contributed by atoms with van der Waals surface area (Å²) in [6.45, 7) is 1.94. The molecule has 2 rings (SSSR count). The van der Waals surface area contributed by atoms with Gasteiger partial charge in [-0.05, 0) is 42.3 Å². The van der Waals surface area contributed by atoms with E-state index in [0.29, 0.717) is 10.8 Å². The van der Waals surface area contributed by atoms with E-state index in [0.717, 1.165) is 11.1 Å². The van der Waals surface area contributed by atoms with Gasteiger partial charge in [0, 0.05) is 17.3 Å². The smallest absolute Gasteiger partial charge is 0.249 e. The van der Waals surface area contributed by atoms with E-state index in [1.165, 1.54) is 6.08 Å². The van der Waals surface area contributed by atoms with Gasteiger partial charge in [0.1, 0.15) is 5.82 Å². The van der Waals surface area contributed by atoms with Crippen molar-refractivity contribution in [2.24, 2.45) is 0 Å². The topological polar surface area (TPSA) is 42.0 Å². The Labute approximate surface area is 116 Å². The van der Waals surface area contributed by atoms with Crippen molar-refractivity contribution in [3.8, 4) is 0 Å². The SMILES string of the molecule is Cc1ccc(NC(=O)/C=C/c2cccc(Cl)c2)nc1. The van der Waals surface area contributed by atoms with Gasteiger partial charge in [-0.15, -0.1) is 0 Å². The fourth-order valence-electron chi connectivity index (χ4n) is 1.49. The van der Waals surface area contributed by atoms with Gasteiger partial charge >= 0.3 is 0 Å². The Bertz CT molecular complexity index is 606. The molecule has 0 aliphatic carbocycles. The molecule has 4 heteroatoms. The van der Waals surface area contributed by atoms with Crippen LogP contribution in [0.2, 0.25) is 5.02 Å². The summed E-state index contributed by atoms with van der Waals surface area (Å²) in [7, 11) is 0. The van der Waals surface area contributed by atoms with E-state index in [-0.39, 0.29) is 5.91 Å². The number of hydrogen-bond donors (Lipinski definition) is 1. The van der Waals surface area contributed by atoms with Crippen LogP contribution in [0.1, 0.15) is 11.1 Å². The molecule has 1 aromatic carbocycles. The summed E-state index contributed by atoms with van der Waals surface area (Å²) >= 11 is 5.86. The molecule has 96 valence electrons. The number of hydrogen-bond acceptors (Lipinski definition) is 2. The Morgan fingerprint density at radius 2 is 2.16 bits per heavy atom. The average molecular weight is 273 g/mol. The third kappa shape index (κ3) is 4.23. The van der Waals surface area contributed by atoms with Crippen LogP contribution in [-0.4, -0.2) is 10.9 Å². The Morgan fingerprint density at radius 3 is 2.84 bits per heavy atom. The van der Waals surface area contributed by atoms with Crippen LogP contribution in [-0.2, 0) is 4.79 Å². The van der Waals surface area contributed by atoms with Crippen molar-refractivity contribution in [3.05, 3.63) is 64.8 Å². The number of nitrogens with zero attached hydrogens (tertiary/aromatic N) is 1. The van der Waals surface area contributed by atoms with Gasteiger partial charge in [-0.3, -0.25) is 4.79 Å². The highest BCUT2D eigenvalue weighted by atomic mass is 35.5. The van der Waals surface area contributed by atoms with Crippen molar-refractivity contribution < 1.29 is 4.79 Å². The van der Waals surface area contributed by atoms with Gasteiger partial charge in [-0.1, -0.05) is 29.8 Å². The molecule has 19 heavy (non-hydrogen) atoms. The van der Waals surface area contributed by atoms with E-state index in [1.54, 1.807) is 30.5 Å². The van der Waals surface area contributed by atoms with Crippen LogP contribution in [0.4, 0.5) is 5.82 Å². The summed E-state index contributed by atoms with van der Waals surface area (Å²) in [6.07, 6.45) is 4.86. The molecule has 0 aliphatic heterocycles. The summed E-state index contributed by atoms with van der Waals surface area (Å²) in [5.41, 5.74) is 1.92. The van der Waals surface area contributed by atoms with Crippen LogP contribution in [0.3, 0.4) is 0 Å². The molecule has 0 fully saturated rings. The van der Waals surface area contributed by atoms with Crippen LogP contribution in [0.15, 0.2) is 48.7 Å². The van der Waals surface area contributed by atoms with Crippen molar-refractivity contribution in [3.63, 3.8) is 0 Å². The Hall–Kier alpha value is -2.13. The second-order valence-electron chi connectivity index (χ2n) is 4.10. The minimum absolute atomic E-state index is 0.226. The van der Waals surface area contributed by atoms with Crippen LogP contribution in [0.5, 0.6) is 0 Å². The van der Waals surface area contributed by atoms with Crippen LogP contribution in [0, 0.1) is 6.92 Å². The summed E-state index contributed by atoms with van der Waals surface area (Å²) < 4.78 is 0. The van der Waals surface area contributed by atoms with Crippen molar-refractivity contribution in [2.45, 2.75) is 6.92 Å². The zero-order chi connectivity index (χ0) is 13.7. The Balaban J connectivity index is 1.99. The lowest BCUT2D eigenvalue weighted by Crippen LogP contribution is -2.08. The largest absolute Gasteiger partial charge is 0.307 e. The second kappa shape index (κ2) is 6.16. The van der Waals surface area contributed by atoms with Gasteiger partial charge in [0.25, 0.3) is 0 Å². The van der Waals surface area contributed by atoms with Crippen molar-refractivity contribution in [1.82, 2.24) is 4.98 Å². The summed E-state index contributed by atoms with van der Waals surface area (Å²) in [4.78, 5) is 15.8. The molecule has 1 heterocycles. The molecule has 0 radical (unpaired) electrons. The molecule has 0 unspecified atom stereocenters. The molecule has 0 bridgehead atoms. The first-order chi connectivity index (χ1) is 9.13. The number of nitrogens with one attached hydrogen (secondary N) is 1. The molecular formula is C15H13ClN2O. The Kier molecular flexibility index (Phi) is 4.31. The molecule has 0 saturated carbocycles. The van der Waals surface area contributed by atoms with Crippen LogP contribution >= 0.6 is 11.6 Å². The Morgan fingerprint density at radius 1 is 1.32 bits per heavy atom. The number of benzene rings is 1. The predicted octanol–water partition coefficient (Wildman–Crippen LogP) is 3.70. The predicted molar refractivity (Wildman–Crippen MR) is 78.1 cm³/mol. The zero-order valence-corrected chi connectivity index (χ0v) is 11.2. The molecule has 0 aliphatic rings. The van der Waals surface area contributed by atoms with E-state index < -0.39 is 0 Å². The van der Waals surface area contributed by atoms with Gasteiger partial charge < -0.3 is 5.32 Å². The first-order valence-corrected chi connectivity index (χ1v) is 6.18. The number of carbonyl (C=O) groups excluding carboxylic acids is 1. The first-order valence-electron chi connectivity index (χ1n) is 5.81. The van der Waals surface area contributed by atoms with Gasteiger partial charge in [0.15, 0.2) is 0 Å². The zero-order valence-electron chi connectivity index (χ0n) is 10.4. The number of aromatic nitrogens is 1. The number of rotatable bonds is 3. The average Bonchev–Trinajstić information content (AvgIpc) is 2.39. The number of pyridine rings is 1. The van der Waals surface area contributed by atoms with E-state index in [2.05, 4.69) is 10.3 Å². The molecule has 1 N–H and O–H groups in total. The molecule has 0 saturated heterocycles. The van der Waals surface area contributed by atoms with Gasteiger partial charge in [-0.25, -0.2) is 4.98 Å². The number of halogens is 1. The fourth-order valence-corrected chi connectivity index (χ4v) is 1.69. The molecule has 3 nitrogen and oxygen atoms in total. The lowest BCUT2D eigenvalue weighted by atomic mass is 10.2. The normalized spacial score (nSPS) is 10.6. The number of anilines is 1. The third-order valence-corrected chi connectivity index (χ3v) is 2.67. The van der Waals surface area contributed by atoms with E-state index in [9.17, 15) is 4.79 Å². The molecule has 2 aromatic rings. The minimum atomic E-state index is -0.226. The lowest BCUT2D eigenvalue weighted by molar-refractivity contribution is -0.111. The summed E-state index contributed by atoms with van der Waals surface area (Å²) in [5.74, 6) is 0.308. The maximum atomic E-state index is 11.7. The van der Waals surface area contributed by atoms with Crippen molar-refractivity contribution in [2.75, 3.05) is 5.32 Å². The third-order valence-electron chi connectivity index (χ3n) is 2.44. The lowest BCUT2D eigenvalue weighted by Gasteiger charge is -2.01.